The molecule has 0 saturated carbocycles. The van der Waals surface area contributed by atoms with Gasteiger partial charge in [0, 0.05) is 46.6 Å². The maximum Gasteiger partial charge on any atom is 0.259 e. The Bertz CT molecular complexity index is 954. The van der Waals surface area contributed by atoms with Crippen molar-refractivity contribution in [3.05, 3.63) is 49.9 Å². The molecule has 0 radical (unpaired) electrons. The highest BCUT2D eigenvalue weighted by Gasteiger charge is 2.27. The first kappa shape index (κ1) is 21.6. The average Bonchev–Trinajstić information content (AvgIpc) is 2.72. The summed E-state index contributed by atoms with van der Waals surface area (Å²) >= 11 is 12.5. The van der Waals surface area contributed by atoms with Gasteiger partial charge in [0.1, 0.15) is 0 Å². The minimum Gasteiger partial charge on any atom is -0.379 e. The highest BCUT2D eigenvalue weighted by molar-refractivity contribution is 6.35. The molecule has 1 saturated heterocycles. The number of aromatic nitrogens is 2. The Morgan fingerprint density at radius 2 is 1.67 bits per heavy atom. The van der Waals surface area contributed by atoms with E-state index in [-0.39, 0.29) is 5.56 Å². The van der Waals surface area contributed by atoms with Crippen molar-refractivity contribution in [2.45, 2.75) is 26.9 Å². The third-order valence-electron chi connectivity index (χ3n) is 5.75. The topological polar surface area (TPSA) is 53.8 Å². The SMILES string of the molecule is Cc1nc2n(c(=O)c1C)CN(CCCN1CCOCC1)CN2c1cc(Cl)cc(Cl)c1. The number of aryl methyl sites for hydroxylation is 1. The molecule has 0 N–H and O–H groups in total. The van der Waals surface area contributed by atoms with E-state index in [1.54, 1.807) is 10.6 Å². The van der Waals surface area contributed by atoms with E-state index < -0.39 is 0 Å². The van der Waals surface area contributed by atoms with Gasteiger partial charge in [0.25, 0.3) is 5.56 Å². The fraction of sp³-hybridized carbons (Fsp3) is 0.524. The summed E-state index contributed by atoms with van der Waals surface area (Å²) in [6.07, 6.45) is 1.02. The van der Waals surface area contributed by atoms with E-state index in [1.807, 2.05) is 30.9 Å². The molecule has 0 aliphatic carbocycles. The van der Waals surface area contributed by atoms with Crippen LogP contribution in [-0.2, 0) is 11.4 Å². The van der Waals surface area contributed by atoms with Gasteiger partial charge in [0.2, 0.25) is 5.95 Å². The second-order valence-electron chi connectivity index (χ2n) is 7.90. The molecule has 0 spiro atoms. The van der Waals surface area contributed by atoms with Crippen LogP contribution in [0.5, 0.6) is 0 Å². The third-order valence-corrected chi connectivity index (χ3v) is 6.19. The summed E-state index contributed by atoms with van der Waals surface area (Å²) in [6, 6.07) is 5.42. The van der Waals surface area contributed by atoms with E-state index in [1.165, 1.54) is 0 Å². The number of hydrogen-bond donors (Lipinski definition) is 0. The lowest BCUT2D eigenvalue weighted by Crippen LogP contribution is -2.48. The van der Waals surface area contributed by atoms with Gasteiger partial charge in [-0.25, -0.2) is 4.98 Å². The smallest absolute Gasteiger partial charge is 0.259 e. The fourth-order valence-corrected chi connectivity index (χ4v) is 4.47. The molecule has 7 nitrogen and oxygen atoms in total. The molecule has 30 heavy (non-hydrogen) atoms. The van der Waals surface area contributed by atoms with Gasteiger partial charge in [-0.1, -0.05) is 23.2 Å². The molecule has 1 aromatic heterocycles. The van der Waals surface area contributed by atoms with Crippen LogP contribution in [0, 0.1) is 13.8 Å². The molecule has 2 aromatic rings. The lowest BCUT2D eigenvalue weighted by molar-refractivity contribution is 0.0354. The van der Waals surface area contributed by atoms with Crippen LogP contribution in [0.1, 0.15) is 17.7 Å². The Balaban J connectivity index is 1.59. The van der Waals surface area contributed by atoms with Crippen molar-refractivity contribution in [2.24, 2.45) is 0 Å². The number of morpholine rings is 1. The molecule has 1 fully saturated rings. The highest BCUT2D eigenvalue weighted by atomic mass is 35.5. The third kappa shape index (κ3) is 4.65. The summed E-state index contributed by atoms with van der Waals surface area (Å²) in [5, 5.41) is 1.11. The highest BCUT2D eigenvalue weighted by Crippen LogP contribution is 2.32. The van der Waals surface area contributed by atoms with Crippen molar-refractivity contribution < 1.29 is 4.74 Å². The molecule has 0 amide bonds. The van der Waals surface area contributed by atoms with Gasteiger partial charge in [0.05, 0.1) is 26.6 Å². The molecule has 9 heteroatoms. The zero-order valence-electron chi connectivity index (χ0n) is 17.4. The monoisotopic (exact) mass is 451 g/mol. The fourth-order valence-electron chi connectivity index (χ4n) is 3.96. The van der Waals surface area contributed by atoms with Crippen LogP contribution in [0.15, 0.2) is 23.0 Å². The van der Waals surface area contributed by atoms with E-state index in [0.29, 0.717) is 34.9 Å². The minimum atomic E-state index is -0.00601. The van der Waals surface area contributed by atoms with E-state index in [0.717, 1.165) is 57.2 Å². The first-order valence-corrected chi connectivity index (χ1v) is 11.0. The summed E-state index contributed by atoms with van der Waals surface area (Å²) in [5.41, 5.74) is 2.24. The second-order valence-corrected chi connectivity index (χ2v) is 8.77. The summed E-state index contributed by atoms with van der Waals surface area (Å²) in [5.74, 6) is 0.630. The van der Waals surface area contributed by atoms with E-state index in [2.05, 4.69) is 9.80 Å². The van der Waals surface area contributed by atoms with E-state index in [9.17, 15) is 4.79 Å². The number of rotatable bonds is 5. The molecule has 4 rings (SSSR count). The number of fused-ring (bicyclic) bond motifs is 1. The lowest BCUT2D eigenvalue weighted by Gasteiger charge is -2.38. The van der Waals surface area contributed by atoms with Crippen LogP contribution >= 0.6 is 23.2 Å². The van der Waals surface area contributed by atoms with Gasteiger partial charge in [-0.05, 0) is 45.0 Å². The largest absolute Gasteiger partial charge is 0.379 e. The summed E-state index contributed by atoms with van der Waals surface area (Å²) in [4.78, 5) is 24.4. The molecule has 3 heterocycles. The Morgan fingerprint density at radius 3 is 2.37 bits per heavy atom. The van der Waals surface area contributed by atoms with E-state index in [4.69, 9.17) is 32.9 Å². The molecule has 0 bridgehead atoms. The van der Waals surface area contributed by atoms with Crippen molar-refractivity contribution in [1.82, 2.24) is 19.4 Å². The predicted octanol–water partition coefficient (Wildman–Crippen LogP) is 3.26. The quantitative estimate of drug-likeness (QED) is 0.695. The van der Waals surface area contributed by atoms with Gasteiger partial charge < -0.3 is 4.74 Å². The summed E-state index contributed by atoms with van der Waals surface area (Å²) in [6.45, 7) is 10.3. The normalized spacial score (nSPS) is 17.9. The zero-order valence-corrected chi connectivity index (χ0v) is 18.9. The maximum absolute atomic E-state index is 13.0. The Hall–Kier alpha value is -1.64. The molecule has 0 atom stereocenters. The summed E-state index contributed by atoms with van der Waals surface area (Å²) < 4.78 is 7.17. The molecular formula is C21H27Cl2N5O2. The first-order valence-electron chi connectivity index (χ1n) is 10.3. The zero-order chi connectivity index (χ0) is 21.3. The van der Waals surface area contributed by atoms with E-state index >= 15 is 0 Å². The van der Waals surface area contributed by atoms with Gasteiger partial charge in [0.15, 0.2) is 0 Å². The van der Waals surface area contributed by atoms with Gasteiger partial charge >= 0.3 is 0 Å². The van der Waals surface area contributed by atoms with Crippen molar-refractivity contribution in [1.29, 1.82) is 0 Å². The maximum atomic E-state index is 13.0. The standard InChI is InChI=1S/C21H27Cl2N5O2/c1-15-16(2)24-21-27(19-11-17(22)10-18(23)12-19)13-26(14-28(21)20(15)29)5-3-4-25-6-8-30-9-7-25/h10-12H,3-9,13-14H2,1-2H3. The predicted molar refractivity (Wildman–Crippen MR) is 120 cm³/mol. The molecular weight excluding hydrogens is 425 g/mol. The minimum absolute atomic E-state index is 0.00601. The Labute approximate surface area is 186 Å². The van der Waals surface area contributed by atoms with Crippen molar-refractivity contribution in [2.75, 3.05) is 51.0 Å². The number of hydrogen-bond acceptors (Lipinski definition) is 6. The van der Waals surface area contributed by atoms with Crippen LogP contribution in [-0.4, -0.2) is 65.4 Å². The van der Waals surface area contributed by atoms with Gasteiger partial charge in [-0.15, -0.1) is 0 Å². The van der Waals surface area contributed by atoms with Crippen molar-refractivity contribution in [3.63, 3.8) is 0 Å². The van der Waals surface area contributed by atoms with Crippen LogP contribution in [0.2, 0.25) is 10.0 Å². The molecule has 162 valence electrons. The van der Waals surface area contributed by atoms with Crippen LogP contribution in [0.3, 0.4) is 0 Å². The Kier molecular flexibility index (Phi) is 6.65. The van der Waals surface area contributed by atoms with Crippen LogP contribution in [0.4, 0.5) is 11.6 Å². The van der Waals surface area contributed by atoms with Gasteiger partial charge in [-0.3, -0.25) is 24.1 Å². The van der Waals surface area contributed by atoms with Crippen LogP contribution < -0.4 is 10.5 Å². The van der Waals surface area contributed by atoms with Crippen molar-refractivity contribution in [3.8, 4) is 0 Å². The molecule has 1 aromatic carbocycles. The number of ether oxygens (including phenoxy) is 1. The molecule has 0 unspecified atom stereocenters. The lowest BCUT2D eigenvalue weighted by atomic mass is 10.2. The number of nitrogens with zero attached hydrogens (tertiary/aromatic N) is 5. The van der Waals surface area contributed by atoms with Gasteiger partial charge in [-0.2, -0.15) is 0 Å². The second kappa shape index (κ2) is 9.24. The first-order chi connectivity index (χ1) is 14.4. The number of anilines is 2. The van der Waals surface area contributed by atoms with Crippen LogP contribution in [0.25, 0.3) is 0 Å². The number of benzene rings is 1. The van der Waals surface area contributed by atoms with Crippen molar-refractivity contribution >= 4 is 34.8 Å². The summed E-state index contributed by atoms with van der Waals surface area (Å²) in [7, 11) is 0. The number of halogens is 2. The Morgan fingerprint density at radius 1 is 1.00 bits per heavy atom. The average molecular weight is 452 g/mol. The molecule has 2 aliphatic rings. The molecule has 2 aliphatic heterocycles.